The van der Waals surface area contributed by atoms with E-state index in [0.29, 0.717) is 5.56 Å². The maximum atomic E-state index is 9.67. The molecule has 1 heterocycles. The number of nitrogens with zero attached hydrogens (tertiary/aromatic N) is 4. The van der Waals surface area contributed by atoms with E-state index in [1.807, 2.05) is 24.3 Å². The number of nitriles is 1. The monoisotopic (exact) mass is 780 g/mol. The zero-order chi connectivity index (χ0) is 40.7. The van der Waals surface area contributed by atoms with E-state index in [-0.39, 0.29) is 6.04 Å². The summed E-state index contributed by atoms with van der Waals surface area (Å²) in [6.45, 7) is 0. The van der Waals surface area contributed by atoms with Crippen molar-refractivity contribution in [2.24, 2.45) is 0 Å². The van der Waals surface area contributed by atoms with Gasteiger partial charge in [0.1, 0.15) is 0 Å². The highest BCUT2D eigenvalue weighted by atomic mass is 15.2. The van der Waals surface area contributed by atoms with Crippen molar-refractivity contribution < 1.29 is 0 Å². The fourth-order valence-corrected chi connectivity index (χ4v) is 9.27. The zero-order valence-corrected chi connectivity index (χ0v) is 33.4. The maximum Gasteiger partial charge on any atom is 0.0991 e. The van der Waals surface area contributed by atoms with E-state index in [4.69, 9.17) is 0 Å². The summed E-state index contributed by atoms with van der Waals surface area (Å²) in [6, 6.07) is 78.0. The Morgan fingerprint density at radius 2 is 1.08 bits per heavy atom. The highest BCUT2D eigenvalue weighted by molar-refractivity contribution is 6.11. The third-order valence-corrected chi connectivity index (χ3v) is 12.1. The molecule has 1 aromatic heterocycles. The van der Waals surface area contributed by atoms with E-state index in [9.17, 15) is 5.26 Å². The number of para-hydroxylation sites is 3. The first-order chi connectivity index (χ1) is 30.2. The summed E-state index contributed by atoms with van der Waals surface area (Å²) >= 11 is 0. The van der Waals surface area contributed by atoms with E-state index in [0.717, 1.165) is 40.3 Å². The van der Waals surface area contributed by atoms with Gasteiger partial charge in [-0.15, -0.1) is 0 Å². The Morgan fingerprint density at radius 3 is 1.84 bits per heavy atom. The molecular formula is C57H40N4. The van der Waals surface area contributed by atoms with Crippen molar-refractivity contribution >= 4 is 73.2 Å². The van der Waals surface area contributed by atoms with Crippen LogP contribution in [0, 0.1) is 11.3 Å². The lowest BCUT2D eigenvalue weighted by Crippen LogP contribution is -2.37. The lowest BCUT2D eigenvalue weighted by molar-refractivity contribution is 0.840. The van der Waals surface area contributed by atoms with E-state index >= 15 is 0 Å². The molecule has 0 bridgehead atoms. The standard InChI is InChI=1S/C57H40N4/c58-39-40-23-28-46(29-24-40)59(49-33-35-57-54(38-49)53-21-11-12-22-55(53)61(57)45-17-5-2-6-18-45)47-30-26-42(27-31-47)50-34-36-56(52-20-10-9-19-51(50)52)60(44-15-3-1-4-16-44)48-32-25-41-13-7-8-14-43(41)37-48/h1-31,33-38,48H,32H2. The number of hydrogen-bond acceptors (Lipinski definition) is 3. The van der Waals surface area contributed by atoms with Crippen LogP contribution in [0.1, 0.15) is 12.0 Å². The second-order valence-electron chi connectivity index (χ2n) is 15.6. The SMILES string of the molecule is N#Cc1ccc(N(c2ccc(-c3ccc(N(c4ccccc4)C4C=c5ccccc5=CC4)c4ccccc34)cc2)c2ccc3c(c2)c2ccccc2n3-c2ccccc2)cc1. The van der Waals surface area contributed by atoms with Gasteiger partial charge >= 0.3 is 0 Å². The first-order valence-corrected chi connectivity index (χ1v) is 20.8. The Balaban J connectivity index is 1.01. The largest absolute Gasteiger partial charge is 0.334 e. The molecule has 1 aliphatic rings. The van der Waals surface area contributed by atoms with Crippen molar-refractivity contribution in [2.75, 3.05) is 9.80 Å². The van der Waals surface area contributed by atoms with Gasteiger partial charge in [-0.2, -0.15) is 5.26 Å². The quantitative estimate of drug-likeness (QED) is 0.154. The van der Waals surface area contributed by atoms with E-state index in [1.165, 1.54) is 54.4 Å². The first kappa shape index (κ1) is 36.0. The average molecular weight is 781 g/mol. The molecule has 0 fully saturated rings. The Bertz CT molecular complexity index is 3400. The van der Waals surface area contributed by atoms with Gasteiger partial charge in [0.15, 0.2) is 0 Å². The van der Waals surface area contributed by atoms with Gasteiger partial charge in [0, 0.05) is 50.3 Å². The number of fused-ring (bicyclic) bond motifs is 5. The molecule has 1 atom stereocenters. The summed E-state index contributed by atoms with van der Waals surface area (Å²) < 4.78 is 2.34. The Labute approximate surface area is 355 Å². The summed E-state index contributed by atoms with van der Waals surface area (Å²) in [5, 5.41) is 17.0. The molecule has 0 N–H and O–H groups in total. The van der Waals surface area contributed by atoms with Crippen LogP contribution in [-0.4, -0.2) is 10.6 Å². The summed E-state index contributed by atoms with van der Waals surface area (Å²) in [7, 11) is 0. The Kier molecular flexibility index (Phi) is 8.99. The number of rotatable bonds is 8. The van der Waals surface area contributed by atoms with Gasteiger partial charge in [-0.3, -0.25) is 0 Å². The molecule has 4 nitrogen and oxygen atoms in total. The molecule has 288 valence electrons. The minimum Gasteiger partial charge on any atom is -0.334 e. The maximum absolute atomic E-state index is 9.67. The highest BCUT2D eigenvalue weighted by Gasteiger charge is 2.23. The molecule has 0 aliphatic heterocycles. The van der Waals surface area contributed by atoms with Gasteiger partial charge in [-0.25, -0.2) is 0 Å². The number of hydrogen-bond donors (Lipinski definition) is 0. The van der Waals surface area contributed by atoms with Crippen LogP contribution in [0.3, 0.4) is 0 Å². The van der Waals surface area contributed by atoms with E-state index in [1.54, 1.807) is 0 Å². The highest BCUT2D eigenvalue weighted by Crippen LogP contribution is 2.43. The van der Waals surface area contributed by atoms with Crippen molar-refractivity contribution in [1.29, 1.82) is 5.26 Å². The van der Waals surface area contributed by atoms with E-state index in [2.05, 4.69) is 221 Å². The second kappa shape index (κ2) is 15.2. The molecule has 0 saturated heterocycles. The van der Waals surface area contributed by atoms with Crippen molar-refractivity contribution in [3.05, 3.63) is 228 Å². The van der Waals surface area contributed by atoms with Crippen molar-refractivity contribution in [2.45, 2.75) is 12.5 Å². The van der Waals surface area contributed by atoms with Crippen molar-refractivity contribution in [1.82, 2.24) is 4.57 Å². The zero-order valence-electron chi connectivity index (χ0n) is 33.4. The minimum absolute atomic E-state index is 0.160. The van der Waals surface area contributed by atoms with Gasteiger partial charge in [0.2, 0.25) is 0 Å². The van der Waals surface area contributed by atoms with Crippen LogP contribution in [0.5, 0.6) is 0 Å². The topological polar surface area (TPSA) is 35.2 Å². The third kappa shape index (κ3) is 6.41. The third-order valence-electron chi connectivity index (χ3n) is 12.1. The fourth-order valence-electron chi connectivity index (χ4n) is 9.27. The minimum atomic E-state index is 0.160. The summed E-state index contributed by atoms with van der Waals surface area (Å²) in [6.07, 6.45) is 5.71. The molecule has 9 aromatic carbocycles. The van der Waals surface area contributed by atoms with Crippen LogP contribution in [0.2, 0.25) is 0 Å². The first-order valence-electron chi connectivity index (χ1n) is 20.8. The smallest absolute Gasteiger partial charge is 0.0991 e. The predicted molar refractivity (Wildman–Crippen MR) is 255 cm³/mol. The normalized spacial score (nSPS) is 13.3. The number of aromatic nitrogens is 1. The van der Waals surface area contributed by atoms with Crippen LogP contribution in [-0.2, 0) is 0 Å². The molecule has 11 rings (SSSR count). The molecular weight excluding hydrogens is 741 g/mol. The molecule has 10 aromatic rings. The van der Waals surface area contributed by atoms with E-state index < -0.39 is 0 Å². The van der Waals surface area contributed by atoms with Crippen LogP contribution < -0.4 is 20.2 Å². The van der Waals surface area contributed by atoms with Crippen molar-refractivity contribution in [3.63, 3.8) is 0 Å². The lowest BCUT2D eigenvalue weighted by atomic mass is 9.94. The van der Waals surface area contributed by atoms with Crippen LogP contribution in [0.4, 0.5) is 28.4 Å². The molecule has 61 heavy (non-hydrogen) atoms. The lowest BCUT2D eigenvalue weighted by Gasteiger charge is -2.34. The molecule has 0 saturated carbocycles. The Hall–Kier alpha value is -8.13. The molecule has 0 amide bonds. The average Bonchev–Trinajstić information content (AvgIpc) is 3.66. The van der Waals surface area contributed by atoms with Crippen LogP contribution in [0.25, 0.3) is 61.5 Å². The van der Waals surface area contributed by atoms with Crippen LogP contribution in [0.15, 0.2) is 212 Å². The fraction of sp³-hybridized carbons (Fsp3) is 0.0351. The van der Waals surface area contributed by atoms with Crippen molar-refractivity contribution in [3.8, 4) is 22.9 Å². The summed E-state index contributed by atoms with van der Waals surface area (Å²) in [4.78, 5) is 4.79. The molecule has 1 unspecified atom stereocenters. The van der Waals surface area contributed by atoms with Gasteiger partial charge in [-0.1, -0.05) is 133 Å². The molecule has 0 radical (unpaired) electrons. The van der Waals surface area contributed by atoms with Crippen LogP contribution >= 0.6 is 0 Å². The summed E-state index contributed by atoms with van der Waals surface area (Å²) in [5.74, 6) is 0. The number of benzene rings is 9. The van der Waals surface area contributed by atoms with Gasteiger partial charge in [-0.05, 0) is 124 Å². The summed E-state index contributed by atoms with van der Waals surface area (Å²) in [5.41, 5.74) is 11.8. The van der Waals surface area contributed by atoms with Gasteiger partial charge in [0.25, 0.3) is 0 Å². The second-order valence-corrected chi connectivity index (χ2v) is 15.6. The molecule has 0 spiro atoms. The predicted octanol–water partition coefficient (Wildman–Crippen LogP) is 13.1. The van der Waals surface area contributed by atoms with Gasteiger partial charge < -0.3 is 14.4 Å². The van der Waals surface area contributed by atoms with Gasteiger partial charge in [0.05, 0.1) is 28.7 Å². The molecule has 4 heteroatoms. The number of anilines is 5. The molecule has 1 aliphatic carbocycles. The Morgan fingerprint density at radius 1 is 0.475 bits per heavy atom.